The van der Waals surface area contributed by atoms with E-state index in [2.05, 4.69) is 15.8 Å². The molecule has 2 amide bonds. The van der Waals surface area contributed by atoms with Gasteiger partial charge in [0.05, 0.1) is 7.11 Å². The van der Waals surface area contributed by atoms with Crippen LogP contribution in [0.1, 0.15) is 13.8 Å². The molecule has 0 unspecified atom stereocenters. The molecule has 1 aromatic rings. The fraction of sp³-hybridized carbons (Fsp3) is 0.385. The van der Waals surface area contributed by atoms with E-state index in [-0.39, 0.29) is 18.4 Å². The number of oxime groups is 1. The van der Waals surface area contributed by atoms with E-state index in [0.29, 0.717) is 11.4 Å². The Labute approximate surface area is 117 Å². The van der Waals surface area contributed by atoms with Crippen molar-refractivity contribution in [3.8, 4) is 5.75 Å². The zero-order valence-corrected chi connectivity index (χ0v) is 11.8. The molecule has 0 aliphatic carbocycles. The molecule has 7 nitrogen and oxygen atoms in total. The number of nitrogens with one attached hydrogen (secondary N) is 2. The zero-order chi connectivity index (χ0) is 15.2. The van der Waals surface area contributed by atoms with E-state index in [1.807, 2.05) is 0 Å². The molecule has 0 saturated heterocycles. The number of hydrogen-bond acceptors (Lipinski definition) is 4. The van der Waals surface area contributed by atoms with Gasteiger partial charge in [-0.2, -0.15) is 0 Å². The highest BCUT2D eigenvalue weighted by atomic mass is 16.5. The van der Waals surface area contributed by atoms with Crippen LogP contribution < -0.4 is 21.1 Å². The summed E-state index contributed by atoms with van der Waals surface area (Å²) in [7, 11) is 1.57. The summed E-state index contributed by atoms with van der Waals surface area (Å²) in [6, 6.07) is 6.58. The Morgan fingerprint density at radius 3 is 2.50 bits per heavy atom. The molecule has 0 aromatic heterocycles. The predicted octanol–water partition coefficient (Wildman–Crippen LogP) is 1.59. The van der Waals surface area contributed by atoms with Crippen LogP contribution in [0.2, 0.25) is 0 Å². The summed E-state index contributed by atoms with van der Waals surface area (Å²) < 4.78 is 5.03. The number of urea groups is 1. The Morgan fingerprint density at radius 2 is 2.00 bits per heavy atom. The topological polar surface area (TPSA) is 109 Å². The van der Waals surface area contributed by atoms with E-state index in [1.165, 1.54) is 0 Å². The first-order chi connectivity index (χ1) is 9.39. The van der Waals surface area contributed by atoms with Crippen LogP contribution in [0.5, 0.6) is 5.75 Å². The second-order valence-electron chi connectivity index (χ2n) is 4.91. The van der Waals surface area contributed by atoms with E-state index >= 15 is 0 Å². The largest absolute Gasteiger partial charge is 0.497 e. The Morgan fingerprint density at radius 1 is 1.40 bits per heavy atom. The third-order valence-electron chi connectivity index (χ3n) is 2.84. The maximum Gasteiger partial charge on any atom is 0.319 e. The average molecular weight is 280 g/mol. The number of amides is 2. The molecule has 0 aliphatic rings. The van der Waals surface area contributed by atoms with Crippen LogP contribution in [0, 0.1) is 5.41 Å². The summed E-state index contributed by atoms with van der Waals surface area (Å²) in [6.45, 7) is 3.76. The average Bonchev–Trinajstić information content (AvgIpc) is 2.45. The summed E-state index contributed by atoms with van der Waals surface area (Å²) in [6.07, 6.45) is 0. The Kier molecular flexibility index (Phi) is 5.19. The summed E-state index contributed by atoms with van der Waals surface area (Å²) in [4.78, 5) is 11.7. The monoisotopic (exact) mass is 280 g/mol. The number of carbonyl (C=O) groups is 1. The summed E-state index contributed by atoms with van der Waals surface area (Å²) in [5.74, 6) is 0.770. The summed E-state index contributed by atoms with van der Waals surface area (Å²) in [5, 5.41) is 16.9. The fourth-order valence-corrected chi connectivity index (χ4v) is 1.38. The van der Waals surface area contributed by atoms with Crippen LogP contribution in [0.3, 0.4) is 0 Å². The van der Waals surface area contributed by atoms with Crippen LogP contribution in [-0.2, 0) is 0 Å². The lowest BCUT2D eigenvalue weighted by Gasteiger charge is -2.23. The molecule has 20 heavy (non-hydrogen) atoms. The van der Waals surface area contributed by atoms with Crippen LogP contribution in [0.25, 0.3) is 0 Å². The molecular formula is C13H20N4O3. The maximum absolute atomic E-state index is 11.7. The van der Waals surface area contributed by atoms with Gasteiger partial charge in [-0.05, 0) is 24.3 Å². The standard InChI is InChI=1S/C13H20N4O3/c1-13(2,11(14)17-19)8-15-12(18)16-9-4-6-10(20-3)7-5-9/h4-7,19H,8H2,1-3H3,(H2,14,17)(H2,15,16,18). The zero-order valence-electron chi connectivity index (χ0n) is 11.8. The van der Waals surface area contributed by atoms with Crippen molar-refractivity contribution in [2.75, 3.05) is 19.0 Å². The molecule has 0 saturated carbocycles. The Hall–Kier alpha value is -2.44. The molecule has 0 heterocycles. The van der Waals surface area contributed by atoms with Crippen molar-refractivity contribution in [2.45, 2.75) is 13.8 Å². The van der Waals surface area contributed by atoms with Crippen molar-refractivity contribution in [1.29, 1.82) is 0 Å². The fourth-order valence-electron chi connectivity index (χ4n) is 1.38. The van der Waals surface area contributed by atoms with Gasteiger partial charge < -0.3 is 26.3 Å². The van der Waals surface area contributed by atoms with Crippen LogP contribution in [-0.4, -0.2) is 30.7 Å². The summed E-state index contributed by atoms with van der Waals surface area (Å²) >= 11 is 0. The lowest BCUT2D eigenvalue weighted by molar-refractivity contribution is 0.248. The minimum Gasteiger partial charge on any atom is -0.497 e. The van der Waals surface area contributed by atoms with Crippen LogP contribution in [0.4, 0.5) is 10.5 Å². The third kappa shape index (κ3) is 4.34. The quantitative estimate of drug-likeness (QED) is 0.284. The number of ether oxygens (including phenoxy) is 1. The van der Waals surface area contributed by atoms with Gasteiger partial charge in [-0.3, -0.25) is 0 Å². The molecule has 0 aliphatic heterocycles. The van der Waals surface area contributed by atoms with E-state index in [9.17, 15) is 4.79 Å². The molecule has 0 fully saturated rings. The first-order valence-electron chi connectivity index (χ1n) is 6.06. The molecule has 0 radical (unpaired) electrons. The van der Waals surface area contributed by atoms with Gasteiger partial charge in [-0.15, -0.1) is 0 Å². The number of rotatable bonds is 5. The van der Waals surface area contributed by atoms with Gasteiger partial charge in [0.25, 0.3) is 0 Å². The van der Waals surface area contributed by atoms with Crippen molar-refractivity contribution in [3.63, 3.8) is 0 Å². The maximum atomic E-state index is 11.7. The van der Waals surface area contributed by atoms with Gasteiger partial charge in [-0.1, -0.05) is 19.0 Å². The normalized spacial score (nSPS) is 11.8. The molecule has 1 aromatic carbocycles. The van der Waals surface area contributed by atoms with Gasteiger partial charge in [0.2, 0.25) is 0 Å². The predicted molar refractivity (Wildman–Crippen MR) is 77.2 cm³/mol. The number of nitrogens with zero attached hydrogens (tertiary/aromatic N) is 1. The minimum atomic E-state index is -0.633. The Bertz CT molecular complexity index is 483. The second kappa shape index (κ2) is 6.65. The number of benzene rings is 1. The first kappa shape index (κ1) is 15.6. The molecule has 0 bridgehead atoms. The third-order valence-corrected chi connectivity index (χ3v) is 2.84. The highest BCUT2D eigenvalue weighted by Crippen LogP contribution is 2.15. The molecule has 1 rings (SSSR count). The van der Waals surface area contributed by atoms with Crippen molar-refractivity contribution in [3.05, 3.63) is 24.3 Å². The molecule has 0 atom stereocenters. The van der Waals surface area contributed by atoms with E-state index in [0.717, 1.165) is 0 Å². The van der Waals surface area contributed by atoms with Crippen LogP contribution in [0.15, 0.2) is 29.4 Å². The minimum absolute atomic E-state index is 0.0576. The lowest BCUT2D eigenvalue weighted by Crippen LogP contribution is -2.43. The van der Waals surface area contributed by atoms with Crippen molar-refractivity contribution < 1.29 is 14.7 Å². The van der Waals surface area contributed by atoms with Gasteiger partial charge in [0, 0.05) is 17.6 Å². The van der Waals surface area contributed by atoms with Gasteiger partial charge in [0.15, 0.2) is 0 Å². The van der Waals surface area contributed by atoms with E-state index < -0.39 is 5.41 Å². The van der Waals surface area contributed by atoms with E-state index in [4.69, 9.17) is 15.7 Å². The first-order valence-corrected chi connectivity index (χ1v) is 6.06. The van der Waals surface area contributed by atoms with Gasteiger partial charge >= 0.3 is 6.03 Å². The van der Waals surface area contributed by atoms with Gasteiger partial charge in [-0.25, -0.2) is 4.79 Å². The lowest BCUT2D eigenvalue weighted by atomic mass is 9.92. The van der Waals surface area contributed by atoms with Gasteiger partial charge in [0.1, 0.15) is 11.6 Å². The highest BCUT2D eigenvalue weighted by molar-refractivity contribution is 5.90. The van der Waals surface area contributed by atoms with Crippen molar-refractivity contribution in [1.82, 2.24) is 5.32 Å². The summed E-state index contributed by atoms with van der Waals surface area (Å²) in [5.41, 5.74) is 5.55. The smallest absolute Gasteiger partial charge is 0.319 e. The van der Waals surface area contributed by atoms with Crippen molar-refractivity contribution >= 4 is 17.6 Å². The number of nitrogens with two attached hydrogens (primary N) is 1. The number of amidine groups is 1. The number of methoxy groups -OCH3 is 1. The molecule has 0 spiro atoms. The molecule has 110 valence electrons. The van der Waals surface area contributed by atoms with Crippen molar-refractivity contribution in [2.24, 2.45) is 16.3 Å². The van der Waals surface area contributed by atoms with Crippen LogP contribution >= 0.6 is 0 Å². The number of anilines is 1. The number of carbonyl (C=O) groups excluding carboxylic acids is 1. The SMILES string of the molecule is COc1ccc(NC(=O)NCC(C)(C)/C(N)=N/O)cc1. The molecule has 5 N–H and O–H groups in total. The molecular weight excluding hydrogens is 260 g/mol. The Balaban J connectivity index is 2.51. The highest BCUT2D eigenvalue weighted by Gasteiger charge is 2.24. The second-order valence-corrected chi connectivity index (χ2v) is 4.91. The molecule has 7 heteroatoms. The van der Waals surface area contributed by atoms with E-state index in [1.54, 1.807) is 45.2 Å². The number of hydrogen-bond donors (Lipinski definition) is 4.